The van der Waals surface area contributed by atoms with Crippen LogP contribution in [-0.2, 0) is 5.41 Å². The lowest BCUT2D eigenvalue weighted by Crippen LogP contribution is -2.19. The summed E-state index contributed by atoms with van der Waals surface area (Å²) in [5.41, 5.74) is 1.76. The molecule has 1 heterocycles. The van der Waals surface area contributed by atoms with Gasteiger partial charge in [0.2, 0.25) is 0 Å². The first-order chi connectivity index (χ1) is 8.84. The average molecular weight is 279 g/mol. The van der Waals surface area contributed by atoms with Crippen LogP contribution in [0.1, 0.15) is 57.7 Å². The minimum absolute atomic E-state index is 0.259. The molecule has 19 heavy (non-hydrogen) atoms. The summed E-state index contributed by atoms with van der Waals surface area (Å²) in [7, 11) is 0. The van der Waals surface area contributed by atoms with E-state index in [0.717, 1.165) is 13.1 Å². The van der Waals surface area contributed by atoms with Gasteiger partial charge in [-0.2, -0.15) is 0 Å². The summed E-state index contributed by atoms with van der Waals surface area (Å²) in [5.74, 6) is 0.601. The van der Waals surface area contributed by atoms with Gasteiger partial charge < -0.3 is 5.32 Å². The van der Waals surface area contributed by atoms with Crippen molar-refractivity contribution in [3.8, 4) is 0 Å². The molecule has 0 saturated heterocycles. The predicted octanol–water partition coefficient (Wildman–Crippen LogP) is 5.08. The number of rotatable bonds is 6. The molecular formula is C17H29NS. The zero-order valence-corrected chi connectivity index (χ0v) is 14.2. The van der Waals surface area contributed by atoms with Gasteiger partial charge in [0, 0.05) is 16.3 Å². The van der Waals surface area contributed by atoms with E-state index in [1.54, 1.807) is 0 Å². The van der Waals surface area contributed by atoms with Crippen LogP contribution in [0, 0.1) is 5.92 Å². The fraction of sp³-hybridized carbons (Fsp3) is 0.647. The zero-order chi connectivity index (χ0) is 14.5. The standard InChI is InChI=1S/C17H29NS/c1-7-10-18-12-14(13(2)3)11-15-8-9-16(19-15)17(4,5)6/h8-9,11,13,18H,7,10,12H2,1-6H3/b14-11-. The molecule has 0 aliphatic heterocycles. The lowest BCUT2D eigenvalue weighted by atomic mass is 9.95. The molecule has 1 aromatic rings. The Morgan fingerprint density at radius 3 is 2.47 bits per heavy atom. The van der Waals surface area contributed by atoms with Crippen LogP contribution < -0.4 is 5.32 Å². The molecule has 1 aromatic heterocycles. The van der Waals surface area contributed by atoms with Gasteiger partial charge in [-0.15, -0.1) is 11.3 Å². The summed E-state index contributed by atoms with van der Waals surface area (Å²) in [5, 5.41) is 3.51. The molecular weight excluding hydrogens is 250 g/mol. The Hall–Kier alpha value is -0.600. The van der Waals surface area contributed by atoms with E-state index >= 15 is 0 Å². The predicted molar refractivity (Wildman–Crippen MR) is 89.0 cm³/mol. The van der Waals surface area contributed by atoms with Crippen molar-refractivity contribution in [2.45, 2.75) is 53.4 Å². The van der Waals surface area contributed by atoms with Crippen LogP contribution >= 0.6 is 11.3 Å². The highest BCUT2D eigenvalue weighted by Gasteiger charge is 2.15. The molecule has 0 spiro atoms. The largest absolute Gasteiger partial charge is 0.313 e. The van der Waals surface area contributed by atoms with E-state index in [4.69, 9.17) is 0 Å². The quantitative estimate of drug-likeness (QED) is 0.716. The van der Waals surface area contributed by atoms with Crippen LogP contribution in [0.3, 0.4) is 0 Å². The summed E-state index contributed by atoms with van der Waals surface area (Å²) in [4.78, 5) is 2.84. The summed E-state index contributed by atoms with van der Waals surface area (Å²) in [6.07, 6.45) is 3.56. The Morgan fingerprint density at radius 2 is 2.00 bits per heavy atom. The van der Waals surface area contributed by atoms with Crippen LogP contribution in [0.15, 0.2) is 17.7 Å². The monoisotopic (exact) mass is 279 g/mol. The van der Waals surface area contributed by atoms with Crippen LogP contribution in [0.5, 0.6) is 0 Å². The summed E-state index contributed by atoms with van der Waals surface area (Å²) in [6, 6.07) is 4.53. The normalized spacial score (nSPS) is 13.3. The third kappa shape index (κ3) is 5.50. The minimum atomic E-state index is 0.259. The fourth-order valence-corrected chi connectivity index (χ4v) is 2.89. The van der Waals surface area contributed by atoms with Crippen LogP contribution in [-0.4, -0.2) is 13.1 Å². The van der Waals surface area contributed by atoms with Crippen molar-refractivity contribution in [2.24, 2.45) is 5.92 Å². The van der Waals surface area contributed by atoms with E-state index in [0.29, 0.717) is 5.92 Å². The van der Waals surface area contributed by atoms with E-state index in [1.807, 2.05) is 11.3 Å². The molecule has 1 rings (SSSR count). The highest BCUT2D eigenvalue weighted by molar-refractivity contribution is 7.13. The second-order valence-corrected chi connectivity index (χ2v) is 7.62. The Morgan fingerprint density at radius 1 is 1.32 bits per heavy atom. The third-order valence-corrected chi connectivity index (χ3v) is 4.65. The van der Waals surface area contributed by atoms with Crippen molar-refractivity contribution in [1.29, 1.82) is 0 Å². The number of hydrogen-bond donors (Lipinski definition) is 1. The second-order valence-electron chi connectivity index (χ2n) is 6.50. The minimum Gasteiger partial charge on any atom is -0.313 e. The van der Waals surface area contributed by atoms with E-state index in [9.17, 15) is 0 Å². The molecule has 2 heteroatoms. The van der Waals surface area contributed by atoms with E-state index in [1.165, 1.54) is 21.7 Å². The molecule has 0 aliphatic carbocycles. The van der Waals surface area contributed by atoms with Crippen LogP contribution in [0.25, 0.3) is 6.08 Å². The van der Waals surface area contributed by atoms with Gasteiger partial charge in [-0.3, -0.25) is 0 Å². The maximum atomic E-state index is 3.51. The lowest BCUT2D eigenvalue weighted by molar-refractivity contribution is 0.604. The zero-order valence-electron chi connectivity index (χ0n) is 13.3. The molecule has 0 aliphatic rings. The molecule has 1 nitrogen and oxygen atoms in total. The highest BCUT2D eigenvalue weighted by atomic mass is 32.1. The molecule has 0 saturated carbocycles. The van der Waals surface area contributed by atoms with Gasteiger partial charge in [-0.25, -0.2) is 0 Å². The Kier molecular flexibility index (Phi) is 6.28. The van der Waals surface area contributed by atoms with Crippen LogP contribution in [0.4, 0.5) is 0 Å². The smallest absolute Gasteiger partial charge is 0.0273 e. The fourth-order valence-electron chi connectivity index (χ4n) is 1.85. The van der Waals surface area contributed by atoms with Crippen molar-refractivity contribution in [1.82, 2.24) is 5.32 Å². The number of hydrogen-bond acceptors (Lipinski definition) is 2. The molecule has 108 valence electrons. The third-order valence-electron chi connectivity index (χ3n) is 3.19. The van der Waals surface area contributed by atoms with Crippen molar-refractivity contribution >= 4 is 17.4 Å². The average Bonchev–Trinajstić information content (AvgIpc) is 2.76. The number of nitrogens with one attached hydrogen (secondary N) is 1. The van der Waals surface area contributed by atoms with E-state index in [2.05, 4.69) is 65.1 Å². The SMILES string of the molecule is CCCNC/C(=C/c1ccc(C(C)(C)C)s1)C(C)C. The van der Waals surface area contributed by atoms with Crippen LogP contribution in [0.2, 0.25) is 0 Å². The Balaban J connectivity index is 2.81. The van der Waals surface area contributed by atoms with Crippen molar-refractivity contribution in [3.05, 3.63) is 27.5 Å². The van der Waals surface area contributed by atoms with Crippen molar-refractivity contribution < 1.29 is 0 Å². The lowest BCUT2D eigenvalue weighted by Gasteiger charge is -2.15. The van der Waals surface area contributed by atoms with Gasteiger partial charge in [0.1, 0.15) is 0 Å². The molecule has 0 radical (unpaired) electrons. The summed E-state index contributed by atoms with van der Waals surface area (Å²) in [6.45, 7) is 15.7. The van der Waals surface area contributed by atoms with Gasteiger partial charge in [-0.1, -0.05) is 47.1 Å². The maximum absolute atomic E-state index is 3.51. The summed E-state index contributed by atoms with van der Waals surface area (Å²) >= 11 is 1.92. The molecule has 0 aromatic carbocycles. The Labute approximate surface area is 123 Å². The molecule has 0 bridgehead atoms. The topological polar surface area (TPSA) is 12.0 Å². The highest BCUT2D eigenvalue weighted by Crippen LogP contribution is 2.31. The van der Waals surface area contributed by atoms with Gasteiger partial charge in [0.25, 0.3) is 0 Å². The van der Waals surface area contributed by atoms with E-state index in [-0.39, 0.29) is 5.41 Å². The van der Waals surface area contributed by atoms with Gasteiger partial charge in [0.05, 0.1) is 0 Å². The van der Waals surface area contributed by atoms with Gasteiger partial charge >= 0.3 is 0 Å². The molecule has 0 atom stereocenters. The molecule has 0 amide bonds. The molecule has 1 N–H and O–H groups in total. The van der Waals surface area contributed by atoms with Crippen molar-refractivity contribution in [3.63, 3.8) is 0 Å². The van der Waals surface area contributed by atoms with Gasteiger partial charge in [0.15, 0.2) is 0 Å². The van der Waals surface area contributed by atoms with Crippen molar-refractivity contribution in [2.75, 3.05) is 13.1 Å². The second kappa shape index (κ2) is 7.25. The first kappa shape index (κ1) is 16.5. The first-order valence-corrected chi connectivity index (χ1v) is 8.17. The number of thiophene rings is 1. The summed E-state index contributed by atoms with van der Waals surface area (Å²) < 4.78 is 0. The first-order valence-electron chi connectivity index (χ1n) is 7.36. The molecule has 0 fully saturated rings. The van der Waals surface area contributed by atoms with Gasteiger partial charge in [-0.05, 0) is 42.5 Å². The Bertz CT molecular complexity index is 407. The molecule has 0 unspecified atom stereocenters. The van der Waals surface area contributed by atoms with E-state index < -0.39 is 0 Å². The maximum Gasteiger partial charge on any atom is 0.0273 e.